The molecule has 3 aromatic rings. The van der Waals surface area contributed by atoms with Gasteiger partial charge >= 0.3 is 0 Å². The van der Waals surface area contributed by atoms with Crippen LogP contribution in [0.4, 0.5) is 0 Å². The fraction of sp³-hybridized carbons (Fsp3) is 0.280. The van der Waals surface area contributed by atoms with E-state index >= 15 is 0 Å². The van der Waals surface area contributed by atoms with E-state index in [0.29, 0.717) is 24.4 Å². The summed E-state index contributed by atoms with van der Waals surface area (Å²) >= 11 is 1.42. The predicted octanol–water partition coefficient (Wildman–Crippen LogP) is 6.07. The quantitative estimate of drug-likeness (QED) is 0.326. The van der Waals surface area contributed by atoms with Crippen LogP contribution in [0.1, 0.15) is 48.5 Å². The van der Waals surface area contributed by atoms with Gasteiger partial charge in [-0.1, -0.05) is 57.2 Å². The van der Waals surface area contributed by atoms with E-state index in [-0.39, 0.29) is 17.6 Å². The van der Waals surface area contributed by atoms with Gasteiger partial charge in [0.15, 0.2) is 11.5 Å². The highest BCUT2D eigenvalue weighted by atomic mass is 32.1. The summed E-state index contributed by atoms with van der Waals surface area (Å²) in [7, 11) is 0. The van der Waals surface area contributed by atoms with Crippen LogP contribution < -0.4 is 9.47 Å². The molecule has 0 spiro atoms. The highest BCUT2D eigenvalue weighted by Gasteiger charge is 2.19. The SMILES string of the molecule is CCOc1ccc(-c2csc(CC(=O)c3ccc(C(C)(C)C)cc3)c2OC=O)cc1. The van der Waals surface area contributed by atoms with Crippen molar-refractivity contribution in [2.75, 3.05) is 6.61 Å². The molecule has 0 unspecified atom stereocenters. The second-order valence-electron chi connectivity index (χ2n) is 8.00. The summed E-state index contributed by atoms with van der Waals surface area (Å²) in [4.78, 5) is 24.7. The van der Waals surface area contributed by atoms with Gasteiger partial charge in [0.05, 0.1) is 11.5 Å². The lowest BCUT2D eigenvalue weighted by molar-refractivity contribution is -0.120. The normalized spacial score (nSPS) is 11.2. The van der Waals surface area contributed by atoms with E-state index in [1.807, 2.05) is 60.8 Å². The molecular weight excluding hydrogens is 396 g/mol. The molecule has 0 bridgehead atoms. The predicted molar refractivity (Wildman–Crippen MR) is 121 cm³/mol. The van der Waals surface area contributed by atoms with Crippen molar-refractivity contribution in [1.82, 2.24) is 0 Å². The molecule has 0 aliphatic rings. The molecule has 30 heavy (non-hydrogen) atoms. The van der Waals surface area contributed by atoms with Crippen LogP contribution in [0.2, 0.25) is 0 Å². The zero-order valence-electron chi connectivity index (χ0n) is 17.7. The first kappa shape index (κ1) is 21.8. The van der Waals surface area contributed by atoms with Crippen molar-refractivity contribution in [3.8, 4) is 22.6 Å². The largest absolute Gasteiger partial charge is 0.494 e. The van der Waals surface area contributed by atoms with Gasteiger partial charge < -0.3 is 9.47 Å². The Kier molecular flexibility index (Phi) is 6.73. The molecule has 0 saturated heterocycles. The van der Waals surface area contributed by atoms with Crippen LogP contribution in [0.5, 0.6) is 11.5 Å². The number of rotatable bonds is 8. The van der Waals surface area contributed by atoms with Crippen molar-refractivity contribution >= 4 is 23.6 Å². The Morgan fingerprint density at radius 2 is 1.70 bits per heavy atom. The van der Waals surface area contributed by atoms with Crippen molar-refractivity contribution in [1.29, 1.82) is 0 Å². The molecule has 0 amide bonds. The smallest absolute Gasteiger partial charge is 0.298 e. The highest BCUT2D eigenvalue weighted by Crippen LogP contribution is 2.39. The molecule has 5 heteroatoms. The van der Waals surface area contributed by atoms with Crippen molar-refractivity contribution in [2.24, 2.45) is 0 Å². The standard InChI is InChI=1S/C25H26O4S/c1-5-28-20-12-8-17(9-13-20)21-15-30-23(24(21)29-16-26)14-22(27)18-6-10-19(11-7-18)25(2,3)4/h6-13,15-16H,5,14H2,1-4H3. The minimum atomic E-state index is -0.00805. The molecule has 0 radical (unpaired) electrons. The Labute approximate surface area is 181 Å². The molecule has 0 N–H and O–H groups in total. The third-order valence-electron chi connectivity index (χ3n) is 4.85. The maximum atomic E-state index is 12.8. The number of benzene rings is 2. The third-order valence-corrected chi connectivity index (χ3v) is 5.82. The van der Waals surface area contributed by atoms with Gasteiger partial charge in [-0.3, -0.25) is 9.59 Å². The van der Waals surface area contributed by atoms with Gasteiger partial charge in [0.1, 0.15) is 5.75 Å². The number of hydrogen-bond donors (Lipinski definition) is 0. The van der Waals surface area contributed by atoms with E-state index in [1.165, 1.54) is 16.9 Å². The van der Waals surface area contributed by atoms with E-state index in [4.69, 9.17) is 9.47 Å². The number of hydrogen-bond acceptors (Lipinski definition) is 5. The molecule has 0 atom stereocenters. The fourth-order valence-electron chi connectivity index (χ4n) is 3.19. The number of Topliss-reactive ketones (excluding diaryl/α,β-unsaturated/α-hetero) is 1. The van der Waals surface area contributed by atoms with E-state index < -0.39 is 0 Å². The lowest BCUT2D eigenvalue weighted by Gasteiger charge is -2.19. The van der Waals surface area contributed by atoms with Crippen LogP contribution in [-0.2, 0) is 16.6 Å². The topological polar surface area (TPSA) is 52.6 Å². The number of carbonyl (C=O) groups excluding carboxylic acids is 2. The minimum absolute atomic E-state index is 0.00805. The average Bonchev–Trinajstić information content (AvgIpc) is 3.11. The Balaban J connectivity index is 1.84. The summed E-state index contributed by atoms with van der Waals surface area (Å²) in [5, 5.41) is 1.92. The molecule has 156 valence electrons. The van der Waals surface area contributed by atoms with Gasteiger partial charge in [0.25, 0.3) is 6.47 Å². The van der Waals surface area contributed by atoms with Crippen molar-refractivity contribution in [3.05, 3.63) is 69.9 Å². The fourth-order valence-corrected chi connectivity index (χ4v) is 4.17. The molecule has 1 aromatic heterocycles. The summed E-state index contributed by atoms with van der Waals surface area (Å²) in [6.45, 7) is 9.36. The Bertz CT molecular complexity index is 1010. The van der Waals surface area contributed by atoms with Gasteiger partial charge in [-0.15, -0.1) is 11.3 Å². The van der Waals surface area contributed by atoms with E-state index in [2.05, 4.69) is 20.8 Å². The molecule has 0 fully saturated rings. The van der Waals surface area contributed by atoms with Crippen LogP contribution in [0.15, 0.2) is 53.9 Å². The first-order valence-corrected chi connectivity index (χ1v) is 10.8. The summed E-state index contributed by atoms with van der Waals surface area (Å²) in [5.41, 5.74) is 3.56. The zero-order valence-corrected chi connectivity index (χ0v) is 18.5. The molecule has 0 aliphatic carbocycles. The van der Waals surface area contributed by atoms with Crippen LogP contribution in [-0.4, -0.2) is 18.9 Å². The minimum Gasteiger partial charge on any atom is -0.494 e. The molecule has 0 saturated carbocycles. The van der Waals surface area contributed by atoms with Crippen molar-refractivity contribution in [2.45, 2.75) is 39.5 Å². The molecule has 3 rings (SSSR count). The second kappa shape index (κ2) is 9.26. The van der Waals surface area contributed by atoms with Gasteiger partial charge in [-0.25, -0.2) is 0 Å². The first-order chi connectivity index (χ1) is 14.3. The zero-order chi connectivity index (χ0) is 21.7. The highest BCUT2D eigenvalue weighted by molar-refractivity contribution is 7.11. The Morgan fingerprint density at radius 1 is 1.03 bits per heavy atom. The summed E-state index contributed by atoms with van der Waals surface area (Å²) in [6, 6.07) is 15.3. The Morgan fingerprint density at radius 3 is 2.27 bits per heavy atom. The van der Waals surface area contributed by atoms with E-state index in [9.17, 15) is 9.59 Å². The maximum Gasteiger partial charge on any atom is 0.298 e. The van der Waals surface area contributed by atoms with Crippen LogP contribution in [0, 0.1) is 0 Å². The second-order valence-corrected chi connectivity index (χ2v) is 8.96. The van der Waals surface area contributed by atoms with E-state index in [1.54, 1.807) is 0 Å². The molecule has 0 aliphatic heterocycles. The first-order valence-electron chi connectivity index (χ1n) is 9.91. The molecule has 1 heterocycles. The monoisotopic (exact) mass is 422 g/mol. The van der Waals surface area contributed by atoms with E-state index in [0.717, 1.165) is 21.8 Å². The molecule has 4 nitrogen and oxygen atoms in total. The van der Waals surface area contributed by atoms with Crippen molar-refractivity contribution in [3.63, 3.8) is 0 Å². The lowest BCUT2D eigenvalue weighted by Crippen LogP contribution is -2.11. The number of ether oxygens (including phenoxy) is 2. The third kappa shape index (κ3) is 4.97. The van der Waals surface area contributed by atoms with Crippen LogP contribution in [0.25, 0.3) is 11.1 Å². The van der Waals surface area contributed by atoms with Crippen LogP contribution in [0.3, 0.4) is 0 Å². The van der Waals surface area contributed by atoms with Gasteiger partial charge in [0, 0.05) is 22.9 Å². The maximum absolute atomic E-state index is 12.8. The summed E-state index contributed by atoms with van der Waals surface area (Å²) in [6.07, 6.45) is 0.180. The summed E-state index contributed by atoms with van der Waals surface area (Å²) < 4.78 is 10.8. The lowest BCUT2D eigenvalue weighted by atomic mass is 9.86. The average molecular weight is 423 g/mol. The number of thiophene rings is 1. The van der Waals surface area contributed by atoms with Crippen LogP contribution >= 0.6 is 11.3 Å². The Hall–Kier alpha value is -2.92. The van der Waals surface area contributed by atoms with Gasteiger partial charge in [-0.2, -0.15) is 0 Å². The summed E-state index contributed by atoms with van der Waals surface area (Å²) in [5.74, 6) is 1.22. The van der Waals surface area contributed by atoms with Crippen molar-refractivity contribution < 1.29 is 19.1 Å². The van der Waals surface area contributed by atoms with Gasteiger partial charge in [0.2, 0.25) is 0 Å². The van der Waals surface area contributed by atoms with Gasteiger partial charge in [-0.05, 0) is 35.6 Å². The number of ketones is 1. The molecule has 2 aromatic carbocycles. The molecular formula is C25H26O4S. The number of carbonyl (C=O) groups is 2.